The highest BCUT2D eigenvalue weighted by molar-refractivity contribution is 5.92. The molecule has 94 valence electrons. The second-order valence-corrected chi connectivity index (χ2v) is 3.98. The van der Waals surface area contributed by atoms with Crippen LogP contribution in [0.15, 0.2) is 30.6 Å². The van der Waals surface area contributed by atoms with E-state index in [2.05, 4.69) is 15.4 Å². The van der Waals surface area contributed by atoms with Crippen molar-refractivity contribution in [3.8, 4) is 0 Å². The van der Waals surface area contributed by atoms with E-state index in [1.165, 1.54) is 0 Å². The van der Waals surface area contributed by atoms with Crippen molar-refractivity contribution in [1.82, 2.24) is 20.1 Å². The van der Waals surface area contributed by atoms with E-state index in [4.69, 9.17) is 5.73 Å². The number of carbonyl (C=O) groups is 1. The number of aromatic nitrogens is 3. The normalized spacial score (nSPS) is 10.3. The molecule has 0 bridgehead atoms. The van der Waals surface area contributed by atoms with Crippen LogP contribution in [0.3, 0.4) is 0 Å². The fourth-order valence-corrected chi connectivity index (χ4v) is 1.54. The van der Waals surface area contributed by atoms with E-state index in [0.29, 0.717) is 24.6 Å². The predicted octanol–water partition coefficient (Wildman–Crippen LogP) is 0.599. The molecule has 1 amide bonds. The first-order valence-electron chi connectivity index (χ1n) is 5.65. The number of anilines is 1. The minimum absolute atomic E-state index is 0.230. The van der Waals surface area contributed by atoms with Crippen molar-refractivity contribution in [2.75, 3.05) is 12.3 Å². The van der Waals surface area contributed by atoms with Gasteiger partial charge in [0.1, 0.15) is 11.5 Å². The largest absolute Gasteiger partial charge is 0.384 e. The van der Waals surface area contributed by atoms with Crippen LogP contribution in [-0.4, -0.2) is 27.2 Å². The molecule has 0 aliphatic heterocycles. The average Bonchev–Trinajstić information content (AvgIpc) is 2.75. The molecule has 0 fully saturated rings. The second kappa shape index (κ2) is 5.31. The fraction of sp³-hybridized carbons (Fsp3) is 0.250. The summed E-state index contributed by atoms with van der Waals surface area (Å²) >= 11 is 0. The van der Waals surface area contributed by atoms with Gasteiger partial charge in [0.2, 0.25) is 0 Å². The highest BCUT2D eigenvalue weighted by Crippen LogP contribution is 2.00. The zero-order valence-corrected chi connectivity index (χ0v) is 10.1. The maximum absolute atomic E-state index is 11.7. The zero-order valence-electron chi connectivity index (χ0n) is 10.1. The van der Waals surface area contributed by atoms with Crippen LogP contribution >= 0.6 is 0 Å². The van der Waals surface area contributed by atoms with Crippen LogP contribution in [0.4, 0.5) is 5.82 Å². The molecule has 0 aromatic carbocycles. The molecule has 3 N–H and O–H groups in total. The van der Waals surface area contributed by atoms with E-state index in [1.54, 1.807) is 29.1 Å². The third-order valence-corrected chi connectivity index (χ3v) is 2.39. The molecule has 0 atom stereocenters. The lowest BCUT2D eigenvalue weighted by molar-refractivity contribution is 0.0947. The monoisotopic (exact) mass is 245 g/mol. The third-order valence-electron chi connectivity index (χ3n) is 2.39. The van der Waals surface area contributed by atoms with Crippen molar-refractivity contribution in [3.05, 3.63) is 41.9 Å². The number of pyridine rings is 1. The molecule has 2 aromatic rings. The zero-order chi connectivity index (χ0) is 13.0. The van der Waals surface area contributed by atoms with Gasteiger partial charge in [-0.3, -0.25) is 9.48 Å². The van der Waals surface area contributed by atoms with Crippen LogP contribution in [0.25, 0.3) is 0 Å². The highest BCUT2D eigenvalue weighted by Gasteiger charge is 2.06. The Morgan fingerprint density at radius 2 is 2.33 bits per heavy atom. The van der Waals surface area contributed by atoms with Crippen LogP contribution in [-0.2, 0) is 6.54 Å². The number of hydrogen-bond donors (Lipinski definition) is 2. The van der Waals surface area contributed by atoms with Crippen molar-refractivity contribution in [2.45, 2.75) is 13.5 Å². The maximum Gasteiger partial charge on any atom is 0.270 e. The first kappa shape index (κ1) is 12.1. The molecule has 2 rings (SSSR count). The summed E-state index contributed by atoms with van der Waals surface area (Å²) in [6.07, 6.45) is 3.70. The Bertz CT molecular complexity index is 549. The van der Waals surface area contributed by atoms with Crippen LogP contribution in [0.1, 0.15) is 16.1 Å². The molecule has 0 saturated carbocycles. The van der Waals surface area contributed by atoms with Crippen LogP contribution < -0.4 is 11.1 Å². The first-order chi connectivity index (χ1) is 8.65. The number of amides is 1. The van der Waals surface area contributed by atoms with Gasteiger partial charge in [-0.15, -0.1) is 0 Å². The number of aryl methyl sites for hydroxylation is 1. The molecule has 0 saturated heterocycles. The molecule has 0 aliphatic carbocycles. The Morgan fingerprint density at radius 1 is 1.50 bits per heavy atom. The standard InChI is InChI=1S/C12H15N5O/c1-9-7-15-17(8-9)6-5-14-12(18)10-3-2-4-11(13)16-10/h2-4,7-8H,5-6H2,1H3,(H2,13,16)(H,14,18). The number of rotatable bonds is 4. The van der Waals surface area contributed by atoms with E-state index < -0.39 is 0 Å². The van der Waals surface area contributed by atoms with Crippen LogP contribution in [0.2, 0.25) is 0 Å². The SMILES string of the molecule is Cc1cnn(CCNC(=O)c2cccc(N)n2)c1. The lowest BCUT2D eigenvalue weighted by Gasteiger charge is -2.05. The molecule has 0 radical (unpaired) electrons. The Labute approximate surface area is 105 Å². The number of nitrogens with one attached hydrogen (secondary N) is 1. The van der Waals surface area contributed by atoms with Gasteiger partial charge in [0, 0.05) is 12.7 Å². The average molecular weight is 245 g/mol. The molecule has 0 aliphatic rings. The molecule has 18 heavy (non-hydrogen) atoms. The van der Waals surface area contributed by atoms with Gasteiger partial charge >= 0.3 is 0 Å². The number of carbonyl (C=O) groups excluding carboxylic acids is 1. The van der Waals surface area contributed by atoms with Gasteiger partial charge in [0.25, 0.3) is 5.91 Å². The van der Waals surface area contributed by atoms with E-state index in [-0.39, 0.29) is 5.91 Å². The van der Waals surface area contributed by atoms with Gasteiger partial charge in [-0.1, -0.05) is 6.07 Å². The molecular formula is C12H15N5O. The molecule has 2 aromatic heterocycles. The lowest BCUT2D eigenvalue weighted by Crippen LogP contribution is -2.28. The van der Waals surface area contributed by atoms with Gasteiger partial charge in [-0.2, -0.15) is 5.10 Å². The number of hydrogen-bond acceptors (Lipinski definition) is 4. The lowest BCUT2D eigenvalue weighted by atomic mass is 10.3. The topological polar surface area (TPSA) is 85.8 Å². The van der Waals surface area contributed by atoms with Gasteiger partial charge < -0.3 is 11.1 Å². The summed E-state index contributed by atoms with van der Waals surface area (Å²) in [6.45, 7) is 3.09. The van der Waals surface area contributed by atoms with Crippen molar-refractivity contribution in [1.29, 1.82) is 0 Å². The summed E-state index contributed by atoms with van der Waals surface area (Å²) in [4.78, 5) is 15.7. The summed E-state index contributed by atoms with van der Waals surface area (Å²) in [6, 6.07) is 4.97. The molecular weight excluding hydrogens is 230 g/mol. The smallest absolute Gasteiger partial charge is 0.270 e. The number of nitrogens with zero attached hydrogens (tertiary/aromatic N) is 3. The summed E-state index contributed by atoms with van der Waals surface area (Å²) in [5, 5.41) is 6.90. The molecule has 0 spiro atoms. The van der Waals surface area contributed by atoms with E-state index in [1.807, 2.05) is 13.1 Å². The van der Waals surface area contributed by atoms with Crippen molar-refractivity contribution in [3.63, 3.8) is 0 Å². The van der Waals surface area contributed by atoms with E-state index >= 15 is 0 Å². The predicted molar refractivity (Wildman–Crippen MR) is 67.9 cm³/mol. The minimum atomic E-state index is -0.230. The Balaban J connectivity index is 1.85. The Hall–Kier alpha value is -2.37. The van der Waals surface area contributed by atoms with Crippen molar-refractivity contribution < 1.29 is 4.79 Å². The molecule has 6 nitrogen and oxygen atoms in total. The third kappa shape index (κ3) is 3.07. The molecule has 2 heterocycles. The van der Waals surface area contributed by atoms with Gasteiger partial charge in [-0.25, -0.2) is 4.98 Å². The number of nitrogens with two attached hydrogens (primary N) is 1. The summed E-state index contributed by atoms with van der Waals surface area (Å²) < 4.78 is 1.78. The first-order valence-corrected chi connectivity index (χ1v) is 5.65. The van der Waals surface area contributed by atoms with Crippen molar-refractivity contribution >= 4 is 11.7 Å². The molecule has 6 heteroatoms. The van der Waals surface area contributed by atoms with Gasteiger partial charge in [-0.05, 0) is 24.6 Å². The fourth-order valence-electron chi connectivity index (χ4n) is 1.54. The highest BCUT2D eigenvalue weighted by atomic mass is 16.1. The number of nitrogen functional groups attached to an aromatic ring is 1. The van der Waals surface area contributed by atoms with Crippen LogP contribution in [0, 0.1) is 6.92 Å². The minimum Gasteiger partial charge on any atom is -0.384 e. The molecule has 0 unspecified atom stereocenters. The van der Waals surface area contributed by atoms with Crippen molar-refractivity contribution in [2.24, 2.45) is 0 Å². The maximum atomic E-state index is 11.7. The van der Waals surface area contributed by atoms with E-state index in [9.17, 15) is 4.79 Å². The Morgan fingerprint density at radius 3 is 3.00 bits per heavy atom. The summed E-state index contributed by atoms with van der Waals surface area (Å²) in [7, 11) is 0. The summed E-state index contributed by atoms with van der Waals surface area (Å²) in [5.41, 5.74) is 6.94. The van der Waals surface area contributed by atoms with Gasteiger partial charge in [0.05, 0.1) is 12.7 Å². The summed E-state index contributed by atoms with van der Waals surface area (Å²) in [5.74, 6) is 0.108. The Kier molecular flexibility index (Phi) is 3.57. The van der Waals surface area contributed by atoms with Crippen LogP contribution in [0.5, 0.6) is 0 Å². The second-order valence-electron chi connectivity index (χ2n) is 3.98. The van der Waals surface area contributed by atoms with E-state index in [0.717, 1.165) is 5.56 Å². The quantitative estimate of drug-likeness (QED) is 0.825. The van der Waals surface area contributed by atoms with Gasteiger partial charge in [0.15, 0.2) is 0 Å².